The van der Waals surface area contributed by atoms with Gasteiger partial charge in [0.1, 0.15) is 0 Å². The minimum absolute atomic E-state index is 0.0678. The van der Waals surface area contributed by atoms with Crippen molar-refractivity contribution in [1.82, 2.24) is 20.4 Å². The number of guanidine groups is 1. The van der Waals surface area contributed by atoms with Crippen LogP contribution in [0.5, 0.6) is 0 Å². The lowest BCUT2D eigenvalue weighted by Gasteiger charge is -2.38. The monoisotopic (exact) mass is 351 g/mol. The molecule has 0 aromatic carbocycles. The van der Waals surface area contributed by atoms with E-state index in [1.165, 1.54) is 4.88 Å². The number of thiophene rings is 1. The van der Waals surface area contributed by atoms with Crippen LogP contribution in [0.3, 0.4) is 0 Å². The van der Waals surface area contributed by atoms with E-state index in [9.17, 15) is 0 Å². The van der Waals surface area contributed by atoms with E-state index in [4.69, 9.17) is 4.99 Å². The SMILES string of the molecule is CCNC(=NCC(C)(C)c1cccs1)NCC1CN(C)CCN1C. The predicted octanol–water partition coefficient (Wildman–Crippen LogP) is 1.83. The Hall–Kier alpha value is -1.11. The highest BCUT2D eigenvalue weighted by atomic mass is 32.1. The number of aliphatic imine (C=N–C) groups is 1. The largest absolute Gasteiger partial charge is 0.357 e. The van der Waals surface area contributed by atoms with Crippen molar-refractivity contribution in [3.8, 4) is 0 Å². The second kappa shape index (κ2) is 8.83. The average molecular weight is 352 g/mol. The van der Waals surface area contributed by atoms with Crippen molar-refractivity contribution < 1.29 is 0 Å². The van der Waals surface area contributed by atoms with Gasteiger partial charge in [0.25, 0.3) is 0 Å². The molecule has 1 fully saturated rings. The molecule has 6 heteroatoms. The third-order valence-electron chi connectivity index (χ3n) is 4.65. The molecule has 1 aliphatic rings. The maximum Gasteiger partial charge on any atom is 0.191 e. The van der Waals surface area contributed by atoms with E-state index in [1.54, 1.807) is 0 Å². The molecule has 0 bridgehead atoms. The Balaban J connectivity index is 1.93. The summed E-state index contributed by atoms with van der Waals surface area (Å²) in [6.07, 6.45) is 0. The maximum absolute atomic E-state index is 4.84. The van der Waals surface area contributed by atoms with Gasteiger partial charge in [-0.1, -0.05) is 19.9 Å². The Morgan fingerprint density at radius 3 is 2.79 bits per heavy atom. The second-order valence-corrected chi connectivity index (χ2v) is 8.28. The van der Waals surface area contributed by atoms with Crippen LogP contribution in [0.4, 0.5) is 0 Å². The third kappa shape index (κ3) is 5.46. The summed E-state index contributed by atoms with van der Waals surface area (Å²) < 4.78 is 0. The van der Waals surface area contributed by atoms with Gasteiger partial charge in [-0.05, 0) is 32.5 Å². The first-order chi connectivity index (χ1) is 11.4. The number of nitrogens with zero attached hydrogens (tertiary/aromatic N) is 3. The minimum atomic E-state index is 0.0678. The van der Waals surface area contributed by atoms with E-state index in [0.717, 1.165) is 45.2 Å². The van der Waals surface area contributed by atoms with E-state index in [1.807, 2.05) is 11.3 Å². The van der Waals surface area contributed by atoms with Crippen molar-refractivity contribution in [2.24, 2.45) is 4.99 Å². The smallest absolute Gasteiger partial charge is 0.191 e. The van der Waals surface area contributed by atoms with Gasteiger partial charge >= 0.3 is 0 Å². The van der Waals surface area contributed by atoms with Crippen LogP contribution in [-0.2, 0) is 5.41 Å². The molecular weight excluding hydrogens is 318 g/mol. The fraction of sp³-hybridized carbons (Fsp3) is 0.722. The van der Waals surface area contributed by atoms with E-state index in [-0.39, 0.29) is 5.41 Å². The molecular formula is C18H33N5S. The van der Waals surface area contributed by atoms with Crippen LogP contribution in [0.15, 0.2) is 22.5 Å². The Labute approximate surface area is 151 Å². The summed E-state index contributed by atoms with van der Waals surface area (Å²) in [5.74, 6) is 0.920. The van der Waals surface area contributed by atoms with Crippen LogP contribution < -0.4 is 10.6 Å². The number of likely N-dealkylation sites (N-methyl/N-ethyl adjacent to an activating group) is 2. The lowest BCUT2D eigenvalue weighted by Crippen LogP contribution is -2.55. The van der Waals surface area contributed by atoms with Gasteiger partial charge < -0.3 is 15.5 Å². The molecule has 1 aliphatic heterocycles. The molecule has 1 aromatic heterocycles. The van der Waals surface area contributed by atoms with Crippen molar-refractivity contribution in [3.63, 3.8) is 0 Å². The summed E-state index contributed by atoms with van der Waals surface area (Å²) in [6.45, 7) is 12.6. The van der Waals surface area contributed by atoms with E-state index in [0.29, 0.717) is 6.04 Å². The normalized spacial score (nSPS) is 21.0. The molecule has 2 heterocycles. The van der Waals surface area contributed by atoms with Crippen LogP contribution in [0.1, 0.15) is 25.6 Å². The van der Waals surface area contributed by atoms with Crippen molar-refractivity contribution >= 4 is 17.3 Å². The third-order valence-corrected chi connectivity index (χ3v) is 5.89. The van der Waals surface area contributed by atoms with Crippen molar-refractivity contribution in [3.05, 3.63) is 22.4 Å². The topological polar surface area (TPSA) is 42.9 Å². The zero-order chi connectivity index (χ0) is 17.6. The highest BCUT2D eigenvalue weighted by molar-refractivity contribution is 7.10. The van der Waals surface area contributed by atoms with E-state index < -0.39 is 0 Å². The molecule has 1 aromatic rings. The van der Waals surface area contributed by atoms with Crippen LogP contribution >= 0.6 is 11.3 Å². The first-order valence-electron chi connectivity index (χ1n) is 8.87. The van der Waals surface area contributed by atoms with Gasteiger partial charge in [0.15, 0.2) is 5.96 Å². The van der Waals surface area contributed by atoms with Gasteiger partial charge in [-0.3, -0.25) is 9.89 Å². The fourth-order valence-corrected chi connectivity index (χ4v) is 3.74. The Kier molecular flexibility index (Phi) is 7.07. The number of hydrogen-bond donors (Lipinski definition) is 2. The van der Waals surface area contributed by atoms with Crippen LogP contribution in [-0.4, -0.2) is 75.2 Å². The summed E-state index contributed by atoms with van der Waals surface area (Å²) in [4.78, 5) is 11.1. The van der Waals surface area contributed by atoms with Crippen LogP contribution in [0.25, 0.3) is 0 Å². The Morgan fingerprint density at radius 2 is 2.12 bits per heavy atom. The van der Waals surface area contributed by atoms with Crippen molar-refractivity contribution in [1.29, 1.82) is 0 Å². The van der Waals surface area contributed by atoms with Gasteiger partial charge in [-0.15, -0.1) is 11.3 Å². The van der Waals surface area contributed by atoms with E-state index in [2.05, 4.69) is 72.8 Å². The molecule has 0 aliphatic carbocycles. The summed E-state index contributed by atoms with van der Waals surface area (Å²) >= 11 is 1.81. The van der Waals surface area contributed by atoms with Crippen LogP contribution in [0, 0.1) is 0 Å². The lowest BCUT2D eigenvalue weighted by atomic mass is 9.92. The number of nitrogens with one attached hydrogen (secondary N) is 2. The molecule has 136 valence electrons. The summed E-state index contributed by atoms with van der Waals surface area (Å²) in [6, 6.07) is 4.84. The van der Waals surface area contributed by atoms with E-state index >= 15 is 0 Å². The molecule has 5 nitrogen and oxygen atoms in total. The molecule has 0 radical (unpaired) electrons. The summed E-state index contributed by atoms with van der Waals surface area (Å²) in [5.41, 5.74) is 0.0678. The van der Waals surface area contributed by atoms with Gasteiger partial charge in [0, 0.05) is 49.1 Å². The Morgan fingerprint density at radius 1 is 1.33 bits per heavy atom. The highest BCUT2D eigenvalue weighted by Gasteiger charge is 2.23. The molecule has 2 N–H and O–H groups in total. The molecule has 0 amide bonds. The average Bonchev–Trinajstić information content (AvgIpc) is 3.08. The Bertz CT molecular complexity index is 511. The van der Waals surface area contributed by atoms with Crippen molar-refractivity contribution in [2.45, 2.75) is 32.2 Å². The number of hydrogen-bond acceptors (Lipinski definition) is 4. The van der Waals surface area contributed by atoms with Gasteiger partial charge in [0.05, 0.1) is 6.54 Å². The predicted molar refractivity (Wildman–Crippen MR) is 105 cm³/mol. The number of piperazine rings is 1. The van der Waals surface area contributed by atoms with Gasteiger partial charge in [0.2, 0.25) is 0 Å². The number of rotatable bonds is 6. The quantitative estimate of drug-likeness (QED) is 0.606. The first kappa shape index (κ1) is 19.2. The first-order valence-corrected chi connectivity index (χ1v) is 9.75. The zero-order valence-electron chi connectivity index (χ0n) is 15.8. The molecule has 1 unspecified atom stereocenters. The zero-order valence-corrected chi connectivity index (χ0v) is 16.6. The van der Waals surface area contributed by atoms with Crippen molar-refractivity contribution in [2.75, 3.05) is 53.4 Å². The highest BCUT2D eigenvalue weighted by Crippen LogP contribution is 2.27. The molecule has 1 atom stereocenters. The molecule has 24 heavy (non-hydrogen) atoms. The summed E-state index contributed by atoms with van der Waals surface area (Å²) in [7, 11) is 4.41. The molecule has 1 saturated heterocycles. The summed E-state index contributed by atoms with van der Waals surface area (Å²) in [5, 5.41) is 9.05. The molecule has 0 saturated carbocycles. The van der Waals surface area contributed by atoms with Gasteiger partial charge in [-0.25, -0.2) is 0 Å². The maximum atomic E-state index is 4.84. The van der Waals surface area contributed by atoms with Gasteiger partial charge in [-0.2, -0.15) is 0 Å². The standard InChI is InChI=1S/C18H33N5S/c1-6-19-17(20-12-15-13-22(4)9-10-23(15)5)21-14-18(2,3)16-8-7-11-24-16/h7-8,11,15H,6,9-10,12-14H2,1-5H3,(H2,19,20,21). The second-order valence-electron chi connectivity index (χ2n) is 7.33. The lowest BCUT2D eigenvalue weighted by molar-refractivity contribution is 0.116. The molecule has 0 spiro atoms. The fourth-order valence-electron chi connectivity index (χ4n) is 2.90. The molecule has 2 rings (SSSR count). The van der Waals surface area contributed by atoms with Crippen LogP contribution in [0.2, 0.25) is 0 Å². The minimum Gasteiger partial charge on any atom is -0.357 e.